The van der Waals surface area contributed by atoms with Crippen LogP contribution in [0, 0.1) is 0 Å². The molecule has 1 amide bonds. The summed E-state index contributed by atoms with van der Waals surface area (Å²) in [5.41, 5.74) is 0.0914. The molecule has 0 aromatic carbocycles. The molecular weight excluding hydrogens is 246 g/mol. The summed E-state index contributed by atoms with van der Waals surface area (Å²) >= 11 is 1.70. The van der Waals surface area contributed by atoms with Crippen molar-refractivity contribution in [3.8, 4) is 0 Å². The molecule has 0 spiro atoms. The van der Waals surface area contributed by atoms with Gasteiger partial charge in [-0.25, -0.2) is 4.98 Å². The molecule has 102 valence electrons. The number of nitrogens with one attached hydrogen (secondary N) is 2. The number of hydrogen-bond donors (Lipinski definition) is 2. The minimum atomic E-state index is -0.176. The zero-order valence-electron chi connectivity index (χ0n) is 11.8. The van der Waals surface area contributed by atoms with Gasteiger partial charge in [0.15, 0.2) is 0 Å². The lowest BCUT2D eigenvalue weighted by Gasteiger charge is -2.14. The Morgan fingerprint density at radius 2 is 2.17 bits per heavy atom. The van der Waals surface area contributed by atoms with E-state index < -0.39 is 0 Å². The molecule has 0 bridgehead atoms. The van der Waals surface area contributed by atoms with E-state index in [4.69, 9.17) is 0 Å². The Hall–Kier alpha value is -0.940. The molecule has 18 heavy (non-hydrogen) atoms. The summed E-state index contributed by atoms with van der Waals surface area (Å²) in [5.74, 6) is 0.0399. The molecule has 1 unspecified atom stereocenters. The lowest BCUT2D eigenvalue weighted by molar-refractivity contribution is -0.122. The Labute approximate surface area is 113 Å². The Kier molecular flexibility index (Phi) is 5.28. The van der Waals surface area contributed by atoms with Gasteiger partial charge >= 0.3 is 0 Å². The molecule has 4 nitrogen and oxygen atoms in total. The van der Waals surface area contributed by atoms with Crippen molar-refractivity contribution < 1.29 is 4.79 Å². The largest absolute Gasteiger partial charge is 0.355 e. The average Bonchev–Trinajstić information content (AvgIpc) is 2.74. The molecule has 0 aliphatic rings. The van der Waals surface area contributed by atoms with Crippen molar-refractivity contribution in [3.63, 3.8) is 0 Å². The smallest absolute Gasteiger partial charge is 0.236 e. The van der Waals surface area contributed by atoms with Crippen molar-refractivity contribution in [2.24, 2.45) is 0 Å². The van der Waals surface area contributed by atoms with Crippen molar-refractivity contribution in [1.29, 1.82) is 0 Å². The number of hydrogen-bond acceptors (Lipinski definition) is 4. The van der Waals surface area contributed by atoms with Crippen molar-refractivity contribution in [3.05, 3.63) is 16.1 Å². The topological polar surface area (TPSA) is 54.0 Å². The lowest BCUT2D eigenvalue weighted by Crippen LogP contribution is -2.41. The summed E-state index contributed by atoms with van der Waals surface area (Å²) in [7, 11) is 0. The number of likely N-dealkylation sites (N-methyl/N-ethyl adjacent to an activating group) is 1. The molecule has 0 fully saturated rings. The molecule has 1 aromatic rings. The standard InChI is InChI=1S/C13H23N3OS/c1-6-14-11(17)9(2)15-7-10-8-16-12(18-10)13(3,4)5/h8-9,15H,6-7H2,1-5H3,(H,14,17). The zero-order valence-corrected chi connectivity index (χ0v) is 12.6. The van der Waals surface area contributed by atoms with Gasteiger partial charge in [-0.1, -0.05) is 20.8 Å². The van der Waals surface area contributed by atoms with Gasteiger partial charge in [-0.05, 0) is 13.8 Å². The molecule has 0 saturated heterocycles. The SMILES string of the molecule is CCNC(=O)C(C)NCc1cnc(C(C)(C)C)s1. The molecule has 0 aliphatic carbocycles. The highest BCUT2D eigenvalue weighted by atomic mass is 32.1. The van der Waals surface area contributed by atoms with Crippen molar-refractivity contribution in [2.45, 2.75) is 52.6 Å². The average molecular weight is 269 g/mol. The van der Waals surface area contributed by atoms with Crippen LogP contribution in [-0.2, 0) is 16.8 Å². The van der Waals surface area contributed by atoms with E-state index in [1.165, 1.54) is 0 Å². The Balaban J connectivity index is 2.49. The van der Waals surface area contributed by atoms with Crippen molar-refractivity contribution >= 4 is 17.2 Å². The van der Waals surface area contributed by atoms with Gasteiger partial charge in [0.25, 0.3) is 0 Å². The quantitative estimate of drug-likeness (QED) is 0.860. The van der Waals surface area contributed by atoms with Crippen LogP contribution in [0.4, 0.5) is 0 Å². The summed E-state index contributed by atoms with van der Waals surface area (Å²) in [6, 6.07) is -0.176. The first kappa shape index (κ1) is 15.1. The molecule has 5 heteroatoms. The van der Waals surface area contributed by atoms with Crippen LogP contribution in [0.5, 0.6) is 0 Å². The van der Waals surface area contributed by atoms with E-state index in [-0.39, 0.29) is 17.4 Å². The third kappa shape index (κ3) is 4.38. The molecular formula is C13H23N3OS. The molecule has 2 N–H and O–H groups in total. The second-order valence-corrected chi connectivity index (χ2v) is 6.49. The van der Waals surface area contributed by atoms with Crippen LogP contribution in [0.2, 0.25) is 0 Å². The van der Waals surface area contributed by atoms with Gasteiger partial charge in [0.05, 0.1) is 11.0 Å². The van der Waals surface area contributed by atoms with Gasteiger partial charge in [-0.3, -0.25) is 4.79 Å². The maximum Gasteiger partial charge on any atom is 0.236 e. The minimum absolute atomic E-state index is 0.0399. The van der Waals surface area contributed by atoms with Crippen LogP contribution in [0.3, 0.4) is 0 Å². The third-order valence-electron chi connectivity index (χ3n) is 2.52. The van der Waals surface area contributed by atoms with Crippen LogP contribution >= 0.6 is 11.3 Å². The Morgan fingerprint density at radius 1 is 1.50 bits per heavy atom. The van der Waals surface area contributed by atoms with Crippen molar-refractivity contribution in [2.75, 3.05) is 6.54 Å². The van der Waals surface area contributed by atoms with Crippen LogP contribution in [0.25, 0.3) is 0 Å². The number of carbonyl (C=O) groups is 1. The predicted molar refractivity (Wildman–Crippen MR) is 75.8 cm³/mol. The molecule has 1 rings (SSSR count). The van der Waals surface area contributed by atoms with E-state index in [0.29, 0.717) is 13.1 Å². The first-order chi connectivity index (χ1) is 8.34. The van der Waals surface area contributed by atoms with Crippen LogP contribution < -0.4 is 10.6 Å². The molecule has 0 aliphatic heterocycles. The van der Waals surface area contributed by atoms with Gasteiger partial charge in [0.1, 0.15) is 0 Å². The maximum absolute atomic E-state index is 11.5. The highest BCUT2D eigenvalue weighted by Crippen LogP contribution is 2.26. The van der Waals surface area contributed by atoms with Crippen LogP contribution in [-0.4, -0.2) is 23.5 Å². The highest BCUT2D eigenvalue weighted by molar-refractivity contribution is 7.11. The summed E-state index contributed by atoms with van der Waals surface area (Å²) in [5, 5.41) is 7.13. The summed E-state index contributed by atoms with van der Waals surface area (Å²) < 4.78 is 0. The predicted octanol–water partition coefficient (Wildman–Crippen LogP) is 2.05. The third-order valence-corrected chi connectivity index (χ3v) is 3.94. The van der Waals surface area contributed by atoms with Gasteiger partial charge < -0.3 is 10.6 Å². The second kappa shape index (κ2) is 6.29. The van der Waals surface area contributed by atoms with E-state index in [9.17, 15) is 4.79 Å². The molecule has 1 atom stereocenters. The van der Waals surface area contributed by atoms with Crippen LogP contribution in [0.15, 0.2) is 6.20 Å². The van der Waals surface area contributed by atoms with E-state index in [2.05, 4.69) is 36.4 Å². The van der Waals surface area contributed by atoms with Crippen LogP contribution in [0.1, 0.15) is 44.5 Å². The van der Waals surface area contributed by atoms with E-state index in [1.54, 1.807) is 11.3 Å². The normalized spacial score (nSPS) is 13.4. The van der Waals surface area contributed by atoms with E-state index >= 15 is 0 Å². The fourth-order valence-electron chi connectivity index (χ4n) is 1.41. The maximum atomic E-state index is 11.5. The fraction of sp³-hybridized carbons (Fsp3) is 0.692. The fourth-order valence-corrected chi connectivity index (χ4v) is 2.33. The second-order valence-electron chi connectivity index (χ2n) is 5.38. The number of aromatic nitrogens is 1. The Bertz CT molecular complexity index is 395. The summed E-state index contributed by atoms with van der Waals surface area (Å²) in [6.45, 7) is 11.6. The van der Waals surface area contributed by atoms with Gasteiger partial charge in [0, 0.05) is 29.6 Å². The van der Waals surface area contributed by atoms with E-state index in [1.807, 2.05) is 20.0 Å². The zero-order chi connectivity index (χ0) is 13.8. The summed E-state index contributed by atoms with van der Waals surface area (Å²) in [4.78, 5) is 17.1. The number of nitrogens with zero attached hydrogens (tertiary/aromatic N) is 1. The summed E-state index contributed by atoms with van der Waals surface area (Å²) in [6.07, 6.45) is 1.89. The number of amides is 1. The number of rotatable bonds is 5. The molecule has 1 heterocycles. The minimum Gasteiger partial charge on any atom is -0.355 e. The van der Waals surface area contributed by atoms with Crippen molar-refractivity contribution in [1.82, 2.24) is 15.6 Å². The molecule has 1 aromatic heterocycles. The first-order valence-corrected chi connectivity index (χ1v) is 7.12. The molecule has 0 radical (unpaired) electrons. The highest BCUT2D eigenvalue weighted by Gasteiger charge is 2.18. The van der Waals surface area contributed by atoms with Gasteiger partial charge in [0.2, 0.25) is 5.91 Å². The number of carbonyl (C=O) groups excluding carboxylic acids is 1. The monoisotopic (exact) mass is 269 g/mol. The Morgan fingerprint density at radius 3 is 2.67 bits per heavy atom. The van der Waals surface area contributed by atoms with E-state index in [0.717, 1.165) is 9.88 Å². The molecule has 0 saturated carbocycles. The van der Waals surface area contributed by atoms with Gasteiger partial charge in [-0.2, -0.15) is 0 Å². The number of thiazole rings is 1. The van der Waals surface area contributed by atoms with Gasteiger partial charge in [-0.15, -0.1) is 11.3 Å². The lowest BCUT2D eigenvalue weighted by atomic mass is 9.98. The first-order valence-electron chi connectivity index (χ1n) is 6.31.